The van der Waals surface area contributed by atoms with Gasteiger partial charge in [-0.2, -0.15) is 5.10 Å². The summed E-state index contributed by atoms with van der Waals surface area (Å²) in [5.41, 5.74) is 3.03. The van der Waals surface area contributed by atoms with Crippen molar-refractivity contribution < 1.29 is 13.2 Å². The van der Waals surface area contributed by atoms with Crippen LogP contribution in [0.1, 0.15) is 17.7 Å². The molecule has 3 rings (SSSR count). The number of benzene rings is 1. The third-order valence-electron chi connectivity index (χ3n) is 4.56. The van der Waals surface area contributed by atoms with Crippen molar-refractivity contribution in [2.45, 2.75) is 24.8 Å². The van der Waals surface area contributed by atoms with Gasteiger partial charge in [0.1, 0.15) is 5.75 Å². The molecule has 1 aromatic carbocycles. The Bertz CT molecular complexity index is 1080. The summed E-state index contributed by atoms with van der Waals surface area (Å²) in [6, 6.07) is 8.76. The number of fused-ring (bicyclic) bond motifs is 1. The standard InChI is InChI=1S/C20H26N4O3S/c1-15-19-11-16(13-21-20(19)24(3)22-15)14-23(2)9-6-10-27-17-7-5-8-18(12-17)28(4,25)26/h5,7-8,11-13H,6,9-10,14H2,1-4H3. The smallest absolute Gasteiger partial charge is 0.175 e. The van der Waals surface area contributed by atoms with Gasteiger partial charge in [-0.1, -0.05) is 6.07 Å². The van der Waals surface area contributed by atoms with E-state index in [1.54, 1.807) is 28.9 Å². The zero-order valence-electron chi connectivity index (χ0n) is 16.7. The number of ether oxygens (including phenoxy) is 1. The number of rotatable bonds is 8. The minimum absolute atomic E-state index is 0.274. The highest BCUT2D eigenvalue weighted by molar-refractivity contribution is 7.90. The predicted octanol–water partition coefficient (Wildman–Crippen LogP) is 2.58. The first kappa shape index (κ1) is 20.3. The Labute approximate surface area is 165 Å². The summed E-state index contributed by atoms with van der Waals surface area (Å²) < 4.78 is 30.7. The van der Waals surface area contributed by atoms with Crippen LogP contribution in [0.25, 0.3) is 11.0 Å². The predicted molar refractivity (Wildman–Crippen MR) is 109 cm³/mol. The van der Waals surface area contributed by atoms with Gasteiger partial charge < -0.3 is 9.64 Å². The van der Waals surface area contributed by atoms with E-state index >= 15 is 0 Å². The van der Waals surface area contributed by atoms with E-state index in [9.17, 15) is 8.42 Å². The minimum atomic E-state index is -3.22. The Morgan fingerprint density at radius 2 is 2.04 bits per heavy atom. The monoisotopic (exact) mass is 402 g/mol. The second-order valence-electron chi connectivity index (χ2n) is 7.11. The van der Waals surface area contributed by atoms with Gasteiger partial charge in [-0.25, -0.2) is 13.4 Å². The van der Waals surface area contributed by atoms with Crippen molar-refractivity contribution in [1.29, 1.82) is 0 Å². The molecule has 0 bridgehead atoms. The molecule has 28 heavy (non-hydrogen) atoms. The summed E-state index contributed by atoms with van der Waals surface area (Å²) in [6.07, 6.45) is 3.93. The first-order valence-electron chi connectivity index (χ1n) is 9.14. The molecule has 2 aromatic heterocycles. The molecule has 0 spiro atoms. The number of nitrogens with zero attached hydrogens (tertiary/aromatic N) is 4. The molecular weight excluding hydrogens is 376 g/mol. The maximum absolute atomic E-state index is 11.6. The van der Waals surface area contributed by atoms with E-state index in [4.69, 9.17) is 4.74 Å². The fourth-order valence-electron chi connectivity index (χ4n) is 3.15. The summed E-state index contributed by atoms with van der Waals surface area (Å²) in [6.45, 7) is 4.17. The van der Waals surface area contributed by atoms with E-state index in [2.05, 4.69) is 28.1 Å². The van der Waals surface area contributed by atoms with Gasteiger partial charge in [0, 0.05) is 38.0 Å². The Kier molecular flexibility index (Phi) is 6.00. The molecular formula is C20H26N4O3S. The van der Waals surface area contributed by atoms with Crippen molar-refractivity contribution in [3.8, 4) is 5.75 Å². The number of aromatic nitrogens is 3. The molecule has 0 unspecified atom stereocenters. The lowest BCUT2D eigenvalue weighted by atomic mass is 10.2. The van der Waals surface area contributed by atoms with Gasteiger partial charge in [0.05, 0.1) is 17.2 Å². The number of hydrogen-bond donors (Lipinski definition) is 0. The van der Waals surface area contributed by atoms with Gasteiger partial charge in [0.2, 0.25) is 0 Å². The molecule has 0 N–H and O–H groups in total. The van der Waals surface area contributed by atoms with Crippen LogP contribution < -0.4 is 4.74 Å². The first-order valence-corrected chi connectivity index (χ1v) is 11.0. The van der Waals surface area contributed by atoms with E-state index in [1.807, 2.05) is 20.2 Å². The van der Waals surface area contributed by atoms with Crippen molar-refractivity contribution in [3.63, 3.8) is 0 Å². The molecule has 0 radical (unpaired) electrons. The van der Waals surface area contributed by atoms with Crippen LogP contribution in [0.4, 0.5) is 0 Å². The lowest BCUT2D eigenvalue weighted by Gasteiger charge is -2.17. The summed E-state index contributed by atoms with van der Waals surface area (Å²) in [4.78, 5) is 7.01. The lowest BCUT2D eigenvalue weighted by molar-refractivity contribution is 0.258. The highest BCUT2D eigenvalue weighted by Crippen LogP contribution is 2.18. The van der Waals surface area contributed by atoms with Crippen molar-refractivity contribution in [1.82, 2.24) is 19.7 Å². The zero-order valence-corrected chi connectivity index (χ0v) is 17.5. The quantitative estimate of drug-likeness (QED) is 0.539. The molecule has 8 heteroatoms. The molecule has 0 amide bonds. The van der Waals surface area contributed by atoms with Crippen LogP contribution in [0.5, 0.6) is 5.75 Å². The molecule has 0 atom stereocenters. The number of aryl methyl sites for hydroxylation is 2. The maximum atomic E-state index is 11.6. The molecule has 0 aliphatic heterocycles. The van der Waals surface area contributed by atoms with Crippen LogP contribution in [-0.4, -0.2) is 54.5 Å². The average Bonchev–Trinajstić information content (AvgIpc) is 2.92. The number of sulfone groups is 1. The van der Waals surface area contributed by atoms with Gasteiger partial charge in [0.25, 0.3) is 0 Å². The molecule has 3 aromatic rings. The van der Waals surface area contributed by atoms with Crippen LogP contribution in [-0.2, 0) is 23.4 Å². The molecule has 2 heterocycles. The molecule has 0 aliphatic carbocycles. The maximum Gasteiger partial charge on any atom is 0.175 e. The van der Waals surface area contributed by atoms with E-state index in [0.29, 0.717) is 12.4 Å². The Hall–Kier alpha value is -2.45. The summed E-state index contributed by atoms with van der Waals surface area (Å²) in [7, 11) is 0.741. The molecule has 0 fully saturated rings. The first-order chi connectivity index (χ1) is 13.2. The number of pyridine rings is 1. The second-order valence-corrected chi connectivity index (χ2v) is 9.13. The fourth-order valence-corrected chi connectivity index (χ4v) is 3.80. The highest BCUT2D eigenvalue weighted by Gasteiger charge is 2.09. The lowest BCUT2D eigenvalue weighted by Crippen LogP contribution is -2.21. The minimum Gasteiger partial charge on any atom is -0.494 e. The van der Waals surface area contributed by atoms with E-state index in [-0.39, 0.29) is 4.90 Å². The van der Waals surface area contributed by atoms with E-state index < -0.39 is 9.84 Å². The highest BCUT2D eigenvalue weighted by atomic mass is 32.2. The van der Waals surface area contributed by atoms with Crippen molar-refractivity contribution in [2.75, 3.05) is 26.5 Å². The molecule has 0 aliphatic rings. The zero-order chi connectivity index (χ0) is 20.3. The van der Waals surface area contributed by atoms with E-state index in [1.165, 1.54) is 6.26 Å². The van der Waals surface area contributed by atoms with Gasteiger partial charge in [-0.05, 0) is 50.2 Å². The van der Waals surface area contributed by atoms with Gasteiger partial charge in [0.15, 0.2) is 15.5 Å². The van der Waals surface area contributed by atoms with Crippen LogP contribution in [0, 0.1) is 6.92 Å². The topological polar surface area (TPSA) is 77.3 Å². The Morgan fingerprint density at radius 1 is 1.25 bits per heavy atom. The van der Waals surface area contributed by atoms with Gasteiger partial charge in [-0.15, -0.1) is 0 Å². The van der Waals surface area contributed by atoms with Crippen molar-refractivity contribution in [2.24, 2.45) is 7.05 Å². The van der Waals surface area contributed by atoms with Crippen LogP contribution in [0.2, 0.25) is 0 Å². The molecule has 7 nitrogen and oxygen atoms in total. The molecule has 150 valence electrons. The van der Waals surface area contributed by atoms with Crippen molar-refractivity contribution >= 4 is 20.9 Å². The third kappa shape index (κ3) is 4.88. The average molecular weight is 403 g/mol. The van der Waals surface area contributed by atoms with Crippen LogP contribution >= 0.6 is 0 Å². The Morgan fingerprint density at radius 3 is 2.79 bits per heavy atom. The number of hydrogen-bond acceptors (Lipinski definition) is 6. The normalized spacial score (nSPS) is 12.0. The summed E-state index contributed by atoms with van der Waals surface area (Å²) >= 11 is 0. The summed E-state index contributed by atoms with van der Waals surface area (Å²) in [5, 5.41) is 5.49. The van der Waals surface area contributed by atoms with E-state index in [0.717, 1.165) is 41.8 Å². The fraction of sp³-hybridized carbons (Fsp3) is 0.400. The van der Waals surface area contributed by atoms with Crippen molar-refractivity contribution in [3.05, 3.63) is 47.8 Å². The second kappa shape index (κ2) is 8.28. The Balaban J connectivity index is 1.50. The third-order valence-corrected chi connectivity index (χ3v) is 5.67. The van der Waals surface area contributed by atoms with Gasteiger partial charge >= 0.3 is 0 Å². The largest absolute Gasteiger partial charge is 0.494 e. The summed E-state index contributed by atoms with van der Waals surface area (Å²) in [5.74, 6) is 0.576. The van der Waals surface area contributed by atoms with Crippen LogP contribution in [0.15, 0.2) is 41.4 Å². The molecule has 0 saturated heterocycles. The van der Waals surface area contributed by atoms with Gasteiger partial charge in [-0.3, -0.25) is 4.68 Å². The van der Waals surface area contributed by atoms with Crippen LogP contribution in [0.3, 0.4) is 0 Å². The SMILES string of the molecule is Cc1nn(C)c2ncc(CN(C)CCCOc3cccc(S(C)(=O)=O)c3)cc12. The molecule has 0 saturated carbocycles.